The zero-order valence-corrected chi connectivity index (χ0v) is 13.6. The van der Waals surface area contributed by atoms with Crippen molar-refractivity contribution in [2.24, 2.45) is 0 Å². The average molecular weight is 302 g/mol. The number of hydrogen-bond acceptors (Lipinski definition) is 2. The maximum Gasteiger partial charge on any atom is 0.124 e. The van der Waals surface area contributed by atoms with E-state index in [-0.39, 0.29) is 17.5 Å². The van der Waals surface area contributed by atoms with Crippen LogP contribution in [0.25, 0.3) is 0 Å². The molecule has 0 aliphatic carbocycles. The molecule has 0 heterocycles. The van der Waals surface area contributed by atoms with Crippen molar-refractivity contribution in [3.05, 3.63) is 34.6 Å². The van der Waals surface area contributed by atoms with Crippen LogP contribution in [0.15, 0.2) is 18.2 Å². The Hall–Kier alpha value is -0.640. The summed E-state index contributed by atoms with van der Waals surface area (Å²) in [6.07, 6.45) is 2.84. The monoisotopic (exact) mass is 301 g/mol. The molecule has 0 spiro atoms. The van der Waals surface area contributed by atoms with Crippen LogP contribution in [0.2, 0.25) is 5.02 Å². The Labute approximate surface area is 126 Å². The fourth-order valence-electron chi connectivity index (χ4n) is 2.06. The lowest BCUT2D eigenvalue weighted by Gasteiger charge is -2.27. The summed E-state index contributed by atoms with van der Waals surface area (Å²) in [5, 5.41) is 3.96. The van der Waals surface area contributed by atoms with Crippen molar-refractivity contribution in [2.45, 2.75) is 51.7 Å². The van der Waals surface area contributed by atoms with Crippen molar-refractivity contribution in [1.29, 1.82) is 0 Å². The fraction of sp³-hybridized carbons (Fsp3) is 0.625. The predicted molar refractivity (Wildman–Crippen MR) is 82.8 cm³/mol. The van der Waals surface area contributed by atoms with E-state index in [2.05, 4.69) is 26.1 Å². The van der Waals surface area contributed by atoms with E-state index in [4.69, 9.17) is 16.3 Å². The number of ether oxygens (including phenoxy) is 1. The van der Waals surface area contributed by atoms with Crippen LogP contribution in [0, 0.1) is 5.82 Å². The van der Waals surface area contributed by atoms with Gasteiger partial charge in [-0.25, -0.2) is 4.39 Å². The highest BCUT2D eigenvalue weighted by atomic mass is 35.5. The average Bonchev–Trinajstić information content (AvgIpc) is 2.40. The largest absolute Gasteiger partial charge is 0.379 e. The van der Waals surface area contributed by atoms with Crippen LogP contribution in [0.1, 0.15) is 51.6 Å². The van der Waals surface area contributed by atoms with Crippen molar-refractivity contribution in [3.8, 4) is 0 Å². The minimum absolute atomic E-state index is 0.123. The van der Waals surface area contributed by atoms with E-state index in [0.717, 1.165) is 31.4 Å². The van der Waals surface area contributed by atoms with Gasteiger partial charge in [0, 0.05) is 18.2 Å². The smallest absolute Gasteiger partial charge is 0.124 e. The van der Waals surface area contributed by atoms with Crippen LogP contribution in [-0.4, -0.2) is 19.3 Å². The molecule has 1 aromatic carbocycles. The molecule has 1 unspecified atom stereocenters. The van der Waals surface area contributed by atoms with Crippen LogP contribution in [0.5, 0.6) is 0 Å². The fourth-order valence-corrected chi connectivity index (χ4v) is 2.36. The number of benzene rings is 1. The Morgan fingerprint density at radius 3 is 2.65 bits per heavy atom. The molecule has 1 atom stereocenters. The molecular formula is C16H25ClFNO. The van der Waals surface area contributed by atoms with Gasteiger partial charge in [0.1, 0.15) is 5.82 Å². The van der Waals surface area contributed by atoms with E-state index in [9.17, 15) is 4.39 Å². The second-order valence-corrected chi connectivity index (χ2v) is 6.08. The van der Waals surface area contributed by atoms with Crippen LogP contribution < -0.4 is 5.32 Å². The zero-order valence-electron chi connectivity index (χ0n) is 12.8. The topological polar surface area (TPSA) is 21.3 Å². The third-order valence-electron chi connectivity index (χ3n) is 3.57. The van der Waals surface area contributed by atoms with Gasteiger partial charge in [0.25, 0.3) is 0 Å². The molecule has 0 aliphatic heterocycles. The van der Waals surface area contributed by atoms with E-state index >= 15 is 0 Å². The predicted octanol–water partition coefficient (Wildman–Crippen LogP) is 4.73. The van der Waals surface area contributed by atoms with Crippen LogP contribution >= 0.6 is 11.6 Å². The molecule has 2 nitrogen and oxygen atoms in total. The molecule has 114 valence electrons. The lowest BCUT2D eigenvalue weighted by Crippen LogP contribution is -2.28. The second kappa shape index (κ2) is 7.96. The first kappa shape index (κ1) is 17.4. The molecule has 1 rings (SSSR count). The Morgan fingerprint density at radius 1 is 1.40 bits per heavy atom. The van der Waals surface area contributed by atoms with Gasteiger partial charge in [-0.15, -0.1) is 0 Å². The lowest BCUT2D eigenvalue weighted by molar-refractivity contribution is 0.0117. The summed E-state index contributed by atoms with van der Waals surface area (Å²) in [7, 11) is 1.72. The first-order valence-corrected chi connectivity index (χ1v) is 7.51. The van der Waals surface area contributed by atoms with E-state index in [1.54, 1.807) is 13.2 Å². The molecule has 0 amide bonds. The van der Waals surface area contributed by atoms with Gasteiger partial charge in [0.2, 0.25) is 0 Å². The number of halogens is 2. The van der Waals surface area contributed by atoms with Crippen molar-refractivity contribution in [3.63, 3.8) is 0 Å². The van der Waals surface area contributed by atoms with Gasteiger partial charge in [-0.1, -0.05) is 24.6 Å². The summed E-state index contributed by atoms with van der Waals surface area (Å²) in [6, 6.07) is 4.73. The van der Waals surface area contributed by atoms with Gasteiger partial charge >= 0.3 is 0 Å². The number of nitrogens with one attached hydrogen (secondary N) is 1. The molecule has 4 heteroatoms. The van der Waals surface area contributed by atoms with E-state index in [1.165, 1.54) is 12.1 Å². The normalized spacial score (nSPS) is 13.5. The van der Waals surface area contributed by atoms with E-state index in [1.807, 2.05) is 0 Å². The van der Waals surface area contributed by atoms with Gasteiger partial charge in [-0.2, -0.15) is 0 Å². The molecule has 0 aliphatic rings. The summed E-state index contributed by atoms with van der Waals surface area (Å²) in [5.74, 6) is -0.301. The summed E-state index contributed by atoms with van der Waals surface area (Å²) in [6.45, 7) is 7.16. The molecule has 0 radical (unpaired) electrons. The summed E-state index contributed by atoms with van der Waals surface area (Å²) in [4.78, 5) is 0. The van der Waals surface area contributed by atoms with Crippen molar-refractivity contribution in [1.82, 2.24) is 5.32 Å². The Bertz CT molecular complexity index is 423. The van der Waals surface area contributed by atoms with Crippen molar-refractivity contribution in [2.75, 3.05) is 13.7 Å². The number of hydrogen-bond donors (Lipinski definition) is 1. The SMILES string of the molecule is CCCNC(CCC(C)(C)OC)c1ccc(F)cc1Cl. The molecule has 0 bridgehead atoms. The Morgan fingerprint density at radius 2 is 2.10 bits per heavy atom. The Balaban J connectivity index is 2.82. The molecule has 20 heavy (non-hydrogen) atoms. The lowest BCUT2D eigenvalue weighted by atomic mass is 9.94. The molecule has 0 saturated heterocycles. The van der Waals surface area contributed by atoms with Crippen LogP contribution in [0.4, 0.5) is 4.39 Å². The first-order valence-electron chi connectivity index (χ1n) is 7.13. The molecule has 1 aromatic rings. The molecule has 1 N–H and O–H groups in total. The van der Waals surface area contributed by atoms with Gasteiger partial charge in [0.05, 0.1) is 5.60 Å². The minimum atomic E-state index is -0.301. The van der Waals surface area contributed by atoms with Crippen LogP contribution in [-0.2, 0) is 4.74 Å². The summed E-state index contributed by atoms with van der Waals surface area (Å²) < 4.78 is 18.6. The van der Waals surface area contributed by atoms with Gasteiger partial charge < -0.3 is 10.1 Å². The molecule has 0 saturated carbocycles. The highest BCUT2D eigenvalue weighted by Crippen LogP contribution is 2.29. The number of methoxy groups -OCH3 is 1. The van der Waals surface area contributed by atoms with Gasteiger partial charge in [-0.3, -0.25) is 0 Å². The van der Waals surface area contributed by atoms with E-state index in [0.29, 0.717) is 5.02 Å². The minimum Gasteiger partial charge on any atom is -0.379 e. The summed E-state index contributed by atoms with van der Waals surface area (Å²) in [5.41, 5.74) is 0.784. The Kier molecular flexibility index (Phi) is 6.93. The first-order chi connectivity index (χ1) is 9.39. The van der Waals surface area contributed by atoms with Gasteiger partial charge in [0.15, 0.2) is 0 Å². The van der Waals surface area contributed by atoms with Gasteiger partial charge in [-0.05, 0) is 57.4 Å². The maximum atomic E-state index is 13.2. The highest BCUT2D eigenvalue weighted by molar-refractivity contribution is 6.31. The third-order valence-corrected chi connectivity index (χ3v) is 3.89. The molecule has 0 aromatic heterocycles. The van der Waals surface area contributed by atoms with Crippen molar-refractivity contribution < 1.29 is 9.13 Å². The van der Waals surface area contributed by atoms with E-state index < -0.39 is 0 Å². The summed E-state index contributed by atoms with van der Waals surface area (Å²) >= 11 is 6.18. The quantitative estimate of drug-likeness (QED) is 0.750. The van der Waals surface area contributed by atoms with Crippen LogP contribution in [0.3, 0.4) is 0 Å². The molecular weight excluding hydrogens is 277 g/mol. The maximum absolute atomic E-state index is 13.2. The standard InChI is InChI=1S/C16H25ClFNO/c1-5-10-19-15(8-9-16(2,3)20-4)13-7-6-12(18)11-14(13)17/h6-7,11,15,19H,5,8-10H2,1-4H3. The number of rotatable bonds is 8. The van der Waals surface area contributed by atoms with Crippen molar-refractivity contribution >= 4 is 11.6 Å². The zero-order chi connectivity index (χ0) is 15.2. The third kappa shape index (κ3) is 5.39. The highest BCUT2D eigenvalue weighted by Gasteiger charge is 2.21. The second-order valence-electron chi connectivity index (χ2n) is 5.68. The molecule has 0 fully saturated rings.